The van der Waals surface area contributed by atoms with E-state index < -0.39 is 0 Å². The van der Waals surface area contributed by atoms with E-state index in [0.29, 0.717) is 23.1 Å². The third kappa shape index (κ3) is 3.75. The van der Waals surface area contributed by atoms with E-state index in [1.54, 1.807) is 13.3 Å². The van der Waals surface area contributed by atoms with Crippen LogP contribution in [0.4, 0.5) is 0 Å². The third-order valence-electron chi connectivity index (χ3n) is 6.86. The number of hydrogen-bond donors (Lipinski definition) is 1. The number of likely N-dealkylation sites (N-methyl/N-ethyl adjacent to an activating group) is 1. The number of aliphatic hydroxyl groups excluding tert-OH is 1. The first kappa shape index (κ1) is 19.6. The number of ether oxygens (including phenoxy) is 1. The molecule has 2 aliphatic heterocycles. The Balaban J connectivity index is 1.45. The maximum atomic E-state index is 13.2. The summed E-state index contributed by atoms with van der Waals surface area (Å²) < 4.78 is 5.36. The molecule has 28 heavy (non-hydrogen) atoms. The molecule has 3 fully saturated rings. The van der Waals surface area contributed by atoms with Crippen molar-refractivity contribution in [2.24, 2.45) is 11.8 Å². The molecule has 1 aromatic heterocycles. The van der Waals surface area contributed by atoms with Crippen LogP contribution in [0.3, 0.4) is 0 Å². The molecule has 1 amide bonds. The Bertz CT molecular complexity index is 720. The summed E-state index contributed by atoms with van der Waals surface area (Å²) in [5, 5.41) is 10.8. The fraction of sp³-hybridized carbons (Fsp3) is 0.714. The number of nitrogens with zero attached hydrogens (tertiary/aromatic N) is 4. The summed E-state index contributed by atoms with van der Waals surface area (Å²) in [5.74, 6) is 1.39. The van der Waals surface area contributed by atoms with Crippen LogP contribution in [0.15, 0.2) is 12.3 Å². The second-order valence-corrected chi connectivity index (χ2v) is 8.70. The van der Waals surface area contributed by atoms with Gasteiger partial charge >= 0.3 is 0 Å². The van der Waals surface area contributed by atoms with E-state index in [4.69, 9.17) is 4.74 Å². The van der Waals surface area contributed by atoms with Crippen molar-refractivity contribution < 1.29 is 14.6 Å². The lowest BCUT2D eigenvalue weighted by atomic mass is 9.77. The summed E-state index contributed by atoms with van der Waals surface area (Å²) in [6.07, 6.45) is 3.10. The van der Waals surface area contributed by atoms with E-state index >= 15 is 0 Å². The van der Waals surface area contributed by atoms with Crippen molar-refractivity contribution in [3.8, 4) is 5.75 Å². The molecular formula is C21H32N4O3. The number of fused-ring (bicyclic) bond motifs is 1. The molecule has 0 unspecified atom stereocenters. The fourth-order valence-corrected chi connectivity index (χ4v) is 5.17. The van der Waals surface area contributed by atoms with Gasteiger partial charge in [-0.05, 0) is 44.7 Å². The number of carbonyl (C=O) groups is 1. The van der Waals surface area contributed by atoms with E-state index in [0.717, 1.165) is 57.8 Å². The van der Waals surface area contributed by atoms with Gasteiger partial charge in [-0.1, -0.05) is 0 Å². The maximum absolute atomic E-state index is 13.2. The number of pyridine rings is 1. The van der Waals surface area contributed by atoms with Gasteiger partial charge in [0.15, 0.2) is 0 Å². The largest absolute Gasteiger partial charge is 0.494 e. The Morgan fingerprint density at radius 1 is 1.18 bits per heavy atom. The van der Waals surface area contributed by atoms with Crippen molar-refractivity contribution in [2.75, 3.05) is 53.4 Å². The fourth-order valence-electron chi connectivity index (χ4n) is 5.17. The zero-order valence-corrected chi connectivity index (χ0v) is 17.2. The van der Waals surface area contributed by atoms with Crippen molar-refractivity contribution >= 4 is 5.91 Å². The van der Waals surface area contributed by atoms with E-state index in [1.807, 2.05) is 17.9 Å². The highest BCUT2D eigenvalue weighted by Gasteiger charge is 2.45. The molecule has 7 nitrogen and oxygen atoms in total. The lowest BCUT2D eigenvalue weighted by Crippen LogP contribution is -2.55. The SMILES string of the molecule is COc1cnc(C)cc1C(=O)N1C[C@H]2C[C@@H](N3CCN(C)CC3)[C@H](O)C[C@H]2C1. The highest BCUT2D eigenvalue weighted by atomic mass is 16.5. The molecule has 1 saturated carbocycles. The number of rotatable bonds is 3. The number of aliphatic hydroxyl groups is 1. The molecule has 2 saturated heterocycles. The van der Waals surface area contributed by atoms with Crippen LogP contribution in [0.5, 0.6) is 5.75 Å². The smallest absolute Gasteiger partial charge is 0.257 e. The Hall–Kier alpha value is -1.70. The molecule has 0 radical (unpaired) electrons. The number of piperazine rings is 1. The molecule has 0 bridgehead atoms. The predicted octanol–water partition coefficient (Wildman–Crippen LogP) is 0.858. The van der Waals surface area contributed by atoms with Gasteiger partial charge in [0.2, 0.25) is 0 Å². The summed E-state index contributed by atoms with van der Waals surface area (Å²) in [7, 11) is 3.73. The summed E-state index contributed by atoms with van der Waals surface area (Å²) in [6, 6.07) is 2.04. The minimum Gasteiger partial charge on any atom is -0.494 e. The Morgan fingerprint density at radius 2 is 1.86 bits per heavy atom. The highest BCUT2D eigenvalue weighted by Crippen LogP contribution is 2.39. The minimum absolute atomic E-state index is 0.0161. The molecule has 154 valence electrons. The standard InChI is InChI=1S/C21H32N4O3/c1-14-8-17(20(28-3)11-22-14)21(27)25-12-15-9-18(19(26)10-16(15)13-25)24-6-4-23(2)5-7-24/h8,11,15-16,18-19,26H,4-7,9-10,12-13H2,1-3H3/t15-,16+,18-,19-/m1/s1. The van der Waals surface area contributed by atoms with Crippen LogP contribution >= 0.6 is 0 Å². The van der Waals surface area contributed by atoms with E-state index in [2.05, 4.69) is 21.8 Å². The van der Waals surface area contributed by atoms with Gasteiger partial charge < -0.3 is 19.6 Å². The summed E-state index contributed by atoms with van der Waals surface area (Å²) >= 11 is 0. The molecule has 0 aromatic carbocycles. The lowest BCUT2D eigenvalue weighted by Gasteiger charge is -2.44. The van der Waals surface area contributed by atoms with Crippen LogP contribution < -0.4 is 4.74 Å². The van der Waals surface area contributed by atoms with Gasteiger partial charge in [0.05, 0.1) is 25.0 Å². The Kier molecular flexibility index (Phi) is 5.58. The number of aryl methyl sites for hydroxylation is 1. The monoisotopic (exact) mass is 388 g/mol. The second kappa shape index (κ2) is 7.97. The maximum Gasteiger partial charge on any atom is 0.257 e. The molecule has 7 heteroatoms. The first-order valence-electron chi connectivity index (χ1n) is 10.4. The van der Waals surface area contributed by atoms with Crippen LogP contribution in [-0.4, -0.2) is 96.3 Å². The van der Waals surface area contributed by atoms with Gasteiger partial charge in [-0.2, -0.15) is 0 Å². The molecule has 1 aliphatic carbocycles. The number of aromatic nitrogens is 1. The van der Waals surface area contributed by atoms with Gasteiger partial charge in [0.25, 0.3) is 5.91 Å². The molecular weight excluding hydrogens is 356 g/mol. The predicted molar refractivity (Wildman–Crippen MR) is 107 cm³/mol. The number of likely N-dealkylation sites (tertiary alicyclic amines) is 1. The van der Waals surface area contributed by atoms with Crippen molar-refractivity contribution in [1.82, 2.24) is 19.7 Å². The molecule has 1 N–H and O–H groups in total. The molecule has 1 aromatic rings. The average molecular weight is 389 g/mol. The number of carbonyl (C=O) groups excluding carboxylic acids is 1. The summed E-state index contributed by atoms with van der Waals surface area (Å²) in [6.45, 7) is 7.53. The first-order chi connectivity index (χ1) is 13.5. The zero-order valence-electron chi connectivity index (χ0n) is 17.2. The number of hydrogen-bond acceptors (Lipinski definition) is 6. The van der Waals surface area contributed by atoms with E-state index in [9.17, 15) is 9.90 Å². The third-order valence-corrected chi connectivity index (χ3v) is 6.86. The molecule has 4 rings (SSSR count). The van der Waals surface area contributed by atoms with Crippen LogP contribution in [0.25, 0.3) is 0 Å². The summed E-state index contributed by atoms with van der Waals surface area (Å²) in [4.78, 5) is 24.1. The summed E-state index contributed by atoms with van der Waals surface area (Å²) in [5.41, 5.74) is 1.40. The molecule has 0 spiro atoms. The van der Waals surface area contributed by atoms with Gasteiger partial charge in [-0.3, -0.25) is 14.7 Å². The lowest BCUT2D eigenvalue weighted by molar-refractivity contribution is -0.0249. The highest BCUT2D eigenvalue weighted by molar-refractivity contribution is 5.97. The number of methoxy groups -OCH3 is 1. The van der Waals surface area contributed by atoms with Gasteiger partial charge in [-0.25, -0.2) is 0 Å². The zero-order chi connectivity index (χ0) is 19.8. The van der Waals surface area contributed by atoms with Crippen molar-refractivity contribution in [3.63, 3.8) is 0 Å². The van der Waals surface area contributed by atoms with E-state index in [-0.39, 0.29) is 18.1 Å². The number of amides is 1. The van der Waals surface area contributed by atoms with Crippen molar-refractivity contribution in [1.29, 1.82) is 0 Å². The van der Waals surface area contributed by atoms with Crippen LogP contribution in [0.2, 0.25) is 0 Å². The minimum atomic E-state index is -0.294. The van der Waals surface area contributed by atoms with Crippen LogP contribution in [-0.2, 0) is 0 Å². The van der Waals surface area contributed by atoms with Crippen LogP contribution in [0.1, 0.15) is 28.9 Å². The first-order valence-corrected chi connectivity index (χ1v) is 10.4. The Morgan fingerprint density at radius 3 is 2.54 bits per heavy atom. The van der Waals surface area contributed by atoms with Gasteiger partial charge in [0.1, 0.15) is 5.75 Å². The van der Waals surface area contributed by atoms with Gasteiger partial charge in [-0.15, -0.1) is 0 Å². The Labute approximate surface area is 167 Å². The topological polar surface area (TPSA) is 69.1 Å². The quantitative estimate of drug-likeness (QED) is 0.828. The molecule has 3 aliphatic rings. The van der Waals surface area contributed by atoms with Gasteiger partial charge in [0, 0.05) is 51.0 Å². The average Bonchev–Trinajstić information content (AvgIpc) is 3.10. The second-order valence-electron chi connectivity index (χ2n) is 8.70. The van der Waals surface area contributed by atoms with E-state index in [1.165, 1.54) is 0 Å². The molecule has 4 atom stereocenters. The normalized spacial score (nSPS) is 31.6. The van der Waals surface area contributed by atoms with Crippen molar-refractivity contribution in [2.45, 2.75) is 31.9 Å². The molecule has 3 heterocycles. The van der Waals surface area contributed by atoms with Crippen LogP contribution in [0, 0.1) is 18.8 Å². The van der Waals surface area contributed by atoms with Crippen molar-refractivity contribution in [3.05, 3.63) is 23.5 Å².